The molecule has 0 aromatic rings. The van der Waals surface area contributed by atoms with Crippen LogP contribution in [0.4, 0.5) is 0 Å². The van der Waals surface area contributed by atoms with Gasteiger partial charge in [0.2, 0.25) is 0 Å². The number of carbonyl (C=O) groups excluding carboxylic acids is 1. The summed E-state index contributed by atoms with van der Waals surface area (Å²) in [7, 11) is 0. The highest BCUT2D eigenvalue weighted by Gasteiger charge is 2.73. The molecule has 5 aliphatic carbocycles. The van der Waals surface area contributed by atoms with Gasteiger partial charge >= 0.3 is 5.97 Å². The molecule has 0 radical (unpaired) electrons. The minimum atomic E-state index is -0.0886. The van der Waals surface area contributed by atoms with Gasteiger partial charge in [-0.1, -0.05) is 48.5 Å². The molecule has 0 amide bonds. The Bertz CT molecular complexity index is 883. The lowest BCUT2D eigenvalue weighted by molar-refractivity contribution is -0.308. The number of carbonyl (C=O) groups is 1. The van der Waals surface area contributed by atoms with Crippen molar-refractivity contribution in [2.45, 2.75) is 125 Å². The largest absolute Gasteiger partial charge is 0.462 e. The molecular formula is C32H52O3. The molecule has 0 unspecified atom stereocenters. The van der Waals surface area contributed by atoms with E-state index >= 15 is 0 Å². The fraction of sp³-hybridized carbons (Fsp3) is 0.969. The van der Waals surface area contributed by atoms with Crippen LogP contribution < -0.4 is 0 Å². The van der Waals surface area contributed by atoms with E-state index in [2.05, 4.69) is 48.5 Å². The van der Waals surface area contributed by atoms with E-state index in [1.165, 1.54) is 51.4 Å². The minimum Gasteiger partial charge on any atom is -0.462 e. The lowest BCUT2D eigenvalue weighted by atomic mass is 9.31. The number of hydrogen-bond donors (Lipinski definition) is 0. The summed E-state index contributed by atoms with van der Waals surface area (Å²) in [6.07, 6.45) is 12.5. The zero-order chi connectivity index (χ0) is 25.2. The maximum atomic E-state index is 12.1. The summed E-state index contributed by atoms with van der Waals surface area (Å²) < 4.78 is 12.7. The molecule has 11 atom stereocenters. The first-order valence-corrected chi connectivity index (χ1v) is 15.1. The van der Waals surface area contributed by atoms with E-state index in [4.69, 9.17) is 9.47 Å². The van der Waals surface area contributed by atoms with Gasteiger partial charge in [0.1, 0.15) is 6.10 Å². The van der Waals surface area contributed by atoms with Crippen LogP contribution in [0.15, 0.2) is 0 Å². The molecule has 7 fully saturated rings. The fourth-order valence-corrected chi connectivity index (χ4v) is 12.9. The van der Waals surface area contributed by atoms with Gasteiger partial charge in [-0.25, -0.2) is 0 Å². The van der Waals surface area contributed by atoms with E-state index in [-0.39, 0.29) is 17.5 Å². The van der Waals surface area contributed by atoms with Gasteiger partial charge in [0.15, 0.2) is 0 Å². The Balaban J connectivity index is 1.38. The topological polar surface area (TPSA) is 35.5 Å². The van der Waals surface area contributed by atoms with Crippen molar-refractivity contribution in [3.63, 3.8) is 0 Å². The Kier molecular flexibility index (Phi) is 5.31. The molecule has 0 aromatic heterocycles. The van der Waals surface area contributed by atoms with Crippen molar-refractivity contribution in [3.8, 4) is 0 Å². The summed E-state index contributed by atoms with van der Waals surface area (Å²) in [6, 6.07) is 0. The lowest BCUT2D eigenvalue weighted by Crippen LogP contribution is -2.71. The van der Waals surface area contributed by atoms with Gasteiger partial charge in [0.05, 0.1) is 12.7 Å². The second kappa shape index (κ2) is 7.51. The molecule has 35 heavy (non-hydrogen) atoms. The predicted molar refractivity (Wildman–Crippen MR) is 140 cm³/mol. The summed E-state index contributed by atoms with van der Waals surface area (Å²) in [6.45, 7) is 20.5. The Hall–Kier alpha value is -0.570. The van der Waals surface area contributed by atoms with Gasteiger partial charge in [-0.15, -0.1) is 0 Å². The summed E-state index contributed by atoms with van der Waals surface area (Å²) in [5.74, 6) is 4.03. The van der Waals surface area contributed by atoms with Crippen LogP contribution in [0.25, 0.3) is 0 Å². The van der Waals surface area contributed by atoms with Crippen LogP contribution in [-0.4, -0.2) is 24.8 Å². The molecule has 2 bridgehead atoms. The Morgan fingerprint density at radius 3 is 2.14 bits per heavy atom. The van der Waals surface area contributed by atoms with Crippen LogP contribution in [0.1, 0.15) is 113 Å². The van der Waals surface area contributed by atoms with Crippen molar-refractivity contribution in [3.05, 3.63) is 0 Å². The molecule has 0 N–H and O–H groups in total. The van der Waals surface area contributed by atoms with Crippen LogP contribution in [-0.2, 0) is 14.3 Å². The number of fused-ring (bicyclic) bond motifs is 7. The number of esters is 1. The highest BCUT2D eigenvalue weighted by atomic mass is 16.5. The maximum absolute atomic E-state index is 12.1. The van der Waals surface area contributed by atoms with E-state index in [9.17, 15) is 4.79 Å². The molecule has 0 aromatic carbocycles. The molecule has 3 heteroatoms. The van der Waals surface area contributed by atoms with Crippen LogP contribution in [0, 0.1) is 62.6 Å². The van der Waals surface area contributed by atoms with Crippen molar-refractivity contribution in [2.24, 2.45) is 62.6 Å². The SMILES string of the molecule is CC(=O)O[C@@H]1C[C@]2(C)[C@H]3CC[C@H]4[C@]56CC[C@H](OC5)C(C)(C)[C@H]6CC[C@@]4(C)[C@]3(C)CC[C@H]2[C@H]1C(C)C. The van der Waals surface area contributed by atoms with E-state index in [0.29, 0.717) is 45.5 Å². The normalized spacial score (nSPS) is 56.1. The van der Waals surface area contributed by atoms with Gasteiger partial charge in [0.25, 0.3) is 0 Å². The Morgan fingerprint density at radius 1 is 0.857 bits per heavy atom. The summed E-state index contributed by atoms with van der Waals surface area (Å²) in [5.41, 5.74) is 1.76. The average Bonchev–Trinajstić information content (AvgIpc) is 3.05. The minimum absolute atomic E-state index is 0.0886. The van der Waals surface area contributed by atoms with Crippen LogP contribution in [0.2, 0.25) is 0 Å². The fourth-order valence-electron chi connectivity index (χ4n) is 12.9. The van der Waals surface area contributed by atoms with E-state index in [1.807, 2.05) is 0 Å². The smallest absolute Gasteiger partial charge is 0.302 e. The zero-order valence-electron chi connectivity index (χ0n) is 23.9. The van der Waals surface area contributed by atoms with Crippen molar-refractivity contribution < 1.29 is 14.3 Å². The molecule has 2 aliphatic heterocycles. The van der Waals surface area contributed by atoms with Crippen LogP contribution in [0.3, 0.4) is 0 Å². The highest BCUT2D eigenvalue weighted by Crippen LogP contribution is 2.79. The van der Waals surface area contributed by atoms with Crippen molar-refractivity contribution in [1.29, 1.82) is 0 Å². The highest BCUT2D eigenvalue weighted by molar-refractivity contribution is 5.66. The number of ether oxygens (including phenoxy) is 2. The third-order valence-electron chi connectivity index (χ3n) is 14.3. The summed E-state index contributed by atoms with van der Waals surface area (Å²) in [4.78, 5) is 12.1. The molecule has 7 rings (SSSR count). The van der Waals surface area contributed by atoms with Crippen molar-refractivity contribution in [2.75, 3.05) is 6.61 Å². The lowest BCUT2D eigenvalue weighted by Gasteiger charge is -2.75. The molecule has 5 saturated carbocycles. The predicted octanol–water partition coefficient (Wildman–Crippen LogP) is 7.66. The monoisotopic (exact) mass is 484 g/mol. The first-order chi connectivity index (χ1) is 16.3. The Labute approximate surface area is 214 Å². The number of rotatable bonds is 2. The van der Waals surface area contributed by atoms with Gasteiger partial charge in [0, 0.05) is 18.3 Å². The van der Waals surface area contributed by atoms with E-state index in [0.717, 1.165) is 30.8 Å². The maximum Gasteiger partial charge on any atom is 0.302 e. The van der Waals surface area contributed by atoms with Crippen molar-refractivity contribution >= 4 is 5.97 Å². The summed E-state index contributed by atoms with van der Waals surface area (Å²) >= 11 is 0. The van der Waals surface area contributed by atoms with E-state index in [1.54, 1.807) is 6.92 Å². The first kappa shape index (κ1) is 24.7. The van der Waals surface area contributed by atoms with Gasteiger partial charge < -0.3 is 9.47 Å². The average molecular weight is 485 g/mol. The first-order valence-electron chi connectivity index (χ1n) is 15.1. The molecule has 7 aliphatic rings. The molecular weight excluding hydrogens is 432 g/mol. The quantitative estimate of drug-likeness (QED) is 0.377. The molecule has 198 valence electrons. The van der Waals surface area contributed by atoms with Gasteiger partial charge in [-0.2, -0.15) is 0 Å². The standard InChI is InChI=1S/C32H52O3/c1-19(2)27-21-11-14-30(7)24(29(21,6)17-22(27)35-20(3)33)9-10-25-31(30,8)15-12-23-28(4,5)26-13-16-32(23,25)18-34-26/h19,21-27H,9-18H2,1-8H3/t21-,22+,23+,24+,25+,26-,27+,29-,30+,31+,32+/m0/s1. The molecule has 2 heterocycles. The second-order valence-corrected chi connectivity index (χ2v) is 15.8. The van der Waals surface area contributed by atoms with Gasteiger partial charge in [-0.3, -0.25) is 4.79 Å². The Morgan fingerprint density at radius 2 is 1.51 bits per heavy atom. The van der Waals surface area contributed by atoms with Crippen LogP contribution >= 0.6 is 0 Å². The summed E-state index contributed by atoms with van der Waals surface area (Å²) in [5, 5.41) is 0. The second-order valence-electron chi connectivity index (χ2n) is 15.8. The number of hydrogen-bond acceptors (Lipinski definition) is 3. The third-order valence-corrected chi connectivity index (χ3v) is 14.3. The van der Waals surface area contributed by atoms with Crippen molar-refractivity contribution in [1.82, 2.24) is 0 Å². The van der Waals surface area contributed by atoms with Gasteiger partial charge in [-0.05, 0) is 109 Å². The molecule has 3 nitrogen and oxygen atoms in total. The third kappa shape index (κ3) is 2.92. The van der Waals surface area contributed by atoms with E-state index < -0.39 is 0 Å². The zero-order valence-corrected chi connectivity index (χ0v) is 23.9. The molecule has 2 saturated heterocycles. The molecule has 1 spiro atoms. The van der Waals surface area contributed by atoms with Crippen LogP contribution in [0.5, 0.6) is 0 Å².